The van der Waals surface area contributed by atoms with Crippen LogP contribution in [0.25, 0.3) is 27.8 Å². The summed E-state index contributed by atoms with van der Waals surface area (Å²) in [5, 5.41) is 3.70. The van der Waals surface area contributed by atoms with Crippen LogP contribution in [-0.2, 0) is 0 Å². The standard InChI is InChI=1S/C28H29FN4O2/c1-31-28(34)18-3-6-22(7-4-18)33-25-9-8-23(32-13-11-21(30)12-14-32)15-20(25)17-26(33)19-5-10-27(35-2)24(29)16-19/h3-10,15-17,21H,11-14,30H2,1-2H3,(H,31,34). The summed E-state index contributed by atoms with van der Waals surface area (Å²) < 4.78 is 21.9. The maximum Gasteiger partial charge on any atom is 0.251 e. The van der Waals surface area contributed by atoms with Gasteiger partial charge in [0.15, 0.2) is 11.6 Å². The third-order valence-corrected chi connectivity index (χ3v) is 6.75. The van der Waals surface area contributed by atoms with Gasteiger partial charge in [0.2, 0.25) is 0 Å². The number of carbonyl (C=O) groups is 1. The summed E-state index contributed by atoms with van der Waals surface area (Å²) in [6.07, 6.45) is 1.96. The predicted molar refractivity (Wildman–Crippen MR) is 138 cm³/mol. The molecule has 7 heteroatoms. The fraction of sp³-hybridized carbons (Fsp3) is 0.250. The van der Waals surface area contributed by atoms with Gasteiger partial charge >= 0.3 is 0 Å². The van der Waals surface area contributed by atoms with Crippen LogP contribution in [0.15, 0.2) is 66.7 Å². The molecule has 1 aliphatic rings. The second-order valence-electron chi connectivity index (χ2n) is 8.91. The number of hydrogen-bond donors (Lipinski definition) is 2. The van der Waals surface area contributed by atoms with Crippen LogP contribution in [-0.4, -0.2) is 43.8 Å². The normalized spacial score (nSPS) is 14.3. The average Bonchev–Trinajstić information content (AvgIpc) is 3.27. The Kier molecular flexibility index (Phi) is 6.17. The number of methoxy groups -OCH3 is 1. The Labute approximate surface area is 204 Å². The first-order valence-corrected chi connectivity index (χ1v) is 11.8. The number of nitrogens with zero attached hydrogens (tertiary/aromatic N) is 2. The molecule has 180 valence electrons. The zero-order valence-corrected chi connectivity index (χ0v) is 19.9. The highest BCUT2D eigenvalue weighted by atomic mass is 19.1. The molecule has 6 nitrogen and oxygen atoms in total. The van der Waals surface area contributed by atoms with E-state index in [1.807, 2.05) is 18.2 Å². The number of amides is 1. The predicted octanol–water partition coefficient (Wildman–Crippen LogP) is 4.73. The molecule has 3 N–H and O–H groups in total. The number of carbonyl (C=O) groups excluding carboxylic acids is 1. The molecule has 0 atom stereocenters. The molecule has 1 aliphatic heterocycles. The highest BCUT2D eigenvalue weighted by Crippen LogP contribution is 2.35. The molecule has 0 saturated carbocycles. The number of hydrogen-bond acceptors (Lipinski definition) is 4. The summed E-state index contributed by atoms with van der Waals surface area (Å²) in [7, 11) is 3.07. The molecule has 4 aromatic rings. The summed E-state index contributed by atoms with van der Waals surface area (Å²) in [6.45, 7) is 1.87. The monoisotopic (exact) mass is 472 g/mol. The Morgan fingerprint density at radius 1 is 1.00 bits per heavy atom. The molecule has 1 saturated heterocycles. The second-order valence-corrected chi connectivity index (χ2v) is 8.91. The minimum atomic E-state index is -0.415. The number of rotatable bonds is 5. The van der Waals surface area contributed by atoms with Crippen LogP contribution in [0.1, 0.15) is 23.2 Å². The van der Waals surface area contributed by atoms with Gasteiger partial charge in [-0.3, -0.25) is 4.79 Å². The minimum absolute atomic E-state index is 0.141. The number of fused-ring (bicyclic) bond motifs is 1. The lowest BCUT2D eigenvalue weighted by molar-refractivity contribution is 0.0963. The lowest BCUT2D eigenvalue weighted by Crippen LogP contribution is -2.39. The number of aromatic nitrogens is 1. The molecule has 1 fully saturated rings. The molecule has 0 bridgehead atoms. The zero-order chi connectivity index (χ0) is 24.5. The van der Waals surface area contributed by atoms with Crippen LogP contribution >= 0.6 is 0 Å². The molecule has 35 heavy (non-hydrogen) atoms. The fourth-order valence-corrected chi connectivity index (χ4v) is 4.78. The van der Waals surface area contributed by atoms with Gasteiger partial charge in [-0.25, -0.2) is 4.39 Å². The summed E-state index contributed by atoms with van der Waals surface area (Å²) in [6, 6.07) is 21.2. The Balaban J connectivity index is 1.64. The lowest BCUT2D eigenvalue weighted by Gasteiger charge is -2.32. The van der Waals surface area contributed by atoms with Gasteiger partial charge in [0.25, 0.3) is 5.91 Å². The molecule has 1 aromatic heterocycles. The van der Waals surface area contributed by atoms with Crippen LogP contribution in [0, 0.1) is 5.82 Å². The molecular formula is C28H29FN4O2. The quantitative estimate of drug-likeness (QED) is 0.440. The summed E-state index contributed by atoms with van der Waals surface area (Å²) >= 11 is 0. The van der Waals surface area contributed by atoms with E-state index >= 15 is 0 Å². The van der Waals surface area contributed by atoms with E-state index in [0.29, 0.717) is 5.56 Å². The summed E-state index contributed by atoms with van der Waals surface area (Å²) in [5.41, 5.74) is 11.3. The van der Waals surface area contributed by atoms with Crippen molar-refractivity contribution in [1.82, 2.24) is 9.88 Å². The van der Waals surface area contributed by atoms with Crippen molar-refractivity contribution in [2.45, 2.75) is 18.9 Å². The van der Waals surface area contributed by atoms with Crippen LogP contribution in [0.4, 0.5) is 10.1 Å². The van der Waals surface area contributed by atoms with Crippen LogP contribution in [0.5, 0.6) is 5.75 Å². The maximum absolute atomic E-state index is 14.6. The third-order valence-electron chi connectivity index (χ3n) is 6.75. The highest BCUT2D eigenvalue weighted by Gasteiger charge is 2.19. The SMILES string of the molecule is CNC(=O)c1ccc(-n2c(-c3ccc(OC)c(F)c3)cc3cc(N4CCC(N)CC4)ccc32)cc1. The van der Waals surface area contributed by atoms with E-state index in [-0.39, 0.29) is 17.7 Å². The van der Waals surface area contributed by atoms with E-state index in [0.717, 1.165) is 59.5 Å². The summed E-state index contributed by atoms with van der Waals surface area (Å²) in [4.78, 5) is 14.4. The van der Waals surface area contributed by atoms with Crippen molar-refractivity contribution in [3.05, 3.63) is 78.1 Å². The Morgan fingerprint density at radius 2 is 1.71 bits per heavy atom. The molecular weight excluding hydrogens is 443 g/mol. The molecule has 2 heterocycles. The Bertz CT molecular complexity index is 1370. The fourth-order valence-electron chi connectivity index (χ4n) is 4.78. The lowest BCUT2D eigenvalue weighted by atomic mass is 10.1. The number of piperidine rings is 1. The van der Waals surface area contributed by atoms with Gasteiger partial charge in [0.05, 0.1) is 18.3 Å². The highest BCUT2D eigenvalue weighted by molar-refractivity contribution is 5.95. The van der Waals surface area contributed by atoms with Gasteiger partial charge in [-0.2, -0.15) is 0 Å². The van der Waals surface area contributed by atoms with Crippen LogP contribution in [0.2, 0.25) is 0 Å². The van der Waals surface area contributed by atoms with E-state index in [2.05, 4.69) is 39.0 Å². The summed E-state index contributed by atoms with van der Waals surface area (Å²) in [5.74, 6) is -0.351. The van der Waals surface area contributed by atoms with Crippen molar-refractivity contribution < 1.29 is 13.9 Å². The number of nitrogens with one attached hydrogen (secondary N) is 1. The van der Waals surface area contributed by atoms with Crippen LogP contribution < -0.4 is 20.7 Å². The minimum Gasteiger partial charge on any atom is -0.494 e. The number of ether oxygens (including phenoxy) is 1. The van der Waals surface area contributed by atoms with Gasteiger partial charge in [0, 0.05) is 54.1 Å². The molecule has 0 radical (unpaired) electrons. The number of benzene rings is 3. The van der Waals surface area contributed by atoms with Crippen molar-refractivity contribution in [3.63, 3.8) is 0 Å². The topological polar surface area (TPSA) is 72.5 Å². The molecule has 0 spiro atoms. The van der Waals surface area contributed by atoms with E-state index in [1.165, 1.54) is 13.2 Å². The van der Waals surface area contributed by atoms with Gasteiger partial charge in [-0.05, 0) is 79.6 Å². The largest absolute Gasteiger partial charge is 0.494 e. The van der Waals surface area contributed by atoms with Crippen molar-refractivity contribution in [2.24, 2.45) is 5.73 Å². The number of nitrogens with two attached hydrogens (primary N) is 1. The van der Waals surface area contributed by atoms with Gasteiger partial charge in [-0.1, -0.05) is 0 Å². The average molecular weight is 473 g/mol. The van der Waals surface area contributed by atoms with Crippen molar-refractivity contribution in [2.75, 3.05) is 32.1 Å². The van der Waals surface area contributed by atoms with Crippen molar-refractivity contribution >= 4 is 22.5 Å². The van der Waals surface area contributed by atoms with E-state index in [1.54, 1.807) is 25.2 Å². The van der Waals surface area contributed by atoms with Gasteiger partial charge in [0.1, 0.15) is 0 Å². The first kappa shape index (κ1) is 22.9. The smallest absolute Gasteiger partial charge is 0.251 e. The van der Waals surface area contributed by atoms with Crippen molar-refractivity contribution in [1.29, 1.82) is 0 Å². The first-order chi connectivity index (χ1) is 17.0. The maximum atomic E-state index is 14.6. The van der Waals surface area contributed by atoms with Gasteiger partial charge in [-0.15, -0.1) is 0 Å². The van der Waals surface area contributed by atoms with Crippen LogP contribution in [0.3, 0.4) is 0 Å². The first-order valence-electron chi connectivity index (χ1n) is 11.8. The Morgan fingerprint density at radius 3 is 2.37 bits per heavy atom. The van der Waals surface area contributed by atoms with E-state index in [9.17, 15) is 9.18 Å². The van der Waals surface area contributed by atoms with E-state index in [4.69, 9.17) is 10.5 Å². The number of anilines is 1. The molecule has 1 amide bonds. The second kappa shape index (κ2) is 9.43. The molecule has 0 unspecified atom stereocenters. The zero-order valence-electron chi connectivity index (χ0n) is 19.9. The van der Waals surface area contributed by atoms with E-state index < -0.39 is 5.82 Å². The number of halogens is 1. The molecule has 5 rings (SSSR count). The molecule has 3 aromatic carbocycles. The Hall–Kier alpha value is -3.84. The third kappa shape index (κ3) is 4.35. The van der Waals surface area contributed by atoms with Gasteiger partial charge < -0.3 is 25.3 Å². The van der Waals surface area contributed by atoms with Crippen molar-refractivity contribution in [3.8, 4) is 22.7 Å². The molecule has 0 aliphatic carbocycles.